The van der Waals surface area contributed by atoms with Crippen LogP contribution < -0.4 is 15.8 Å². The van der Waals surface area contributed by atoms with E-state index in [0.29, 0.717) is 29.0 Å². The van der Waals surface area contributed by atoms with Crippen molar-refractivity contribution < 1.29 is 13.9 Å². The Hall–Kier alpha value is -2.97. The fraction of sp³-hybridized carbons (Fsp3) is 0.318. The van der Waals surface area contributed by atoms with Crippen LogP contribution in [0.2, 0.25) is 5.02 Å². The first-order valence-corrected chi connectivity index (χ1v) is 10.3. The number of methoxy groups -OCH3 is 1. The van der Waals surface area contributed by atoms with Crippen molar-refractivity contribution in [2.45, 2.75) is 26.3 Å². The molecular formula is C22H25ClFN5O2. The molecule has 7 nitrogen and oxygen atoms in total. The summed E-state index contributed by atoms with van der Waals surface area (Å²) in [5, 5.41) is 3.71. The van der Waals surface area contributed by atoms with Crippen LogP contribution in [0.5, 0.6) is 5.75 Å². The molecule has 9 heteroatoms. The van der Waals surface area contributed by atoms with E-state index in [9.17, 15) is 9.18 Å². The number of primary amides is 1. The normalized spacial score (nSPS) is 11.1. The molecule has 0 atom stereocenters. The van der Waals surface area contributed by atoms with Gasteiger partial charge < -0.3 is 15.8 Å². The van der Waals surface area contributed by atoms with Crippen molar-refractivity contribution in [3.8, 4) is 5.75 Å². The Balaban J connectivity index is 2.01. The van der Waals surface area contributed by atoms with Crippen LogP contribution in [0, 0.1) is 5.82 Å². The summed E-state index contributed by atoms with van der Waals surface area (Å²) in [6.07, 6.45) is 3.33. The lowest BCUT2D eigenvalue weighted by atomic mass is 10.1. The van der Waals surface area contributed by atoms with Gasteiger partial charge in [0, 0.05) is 23.6 Å². The summed E-state index contributed by atoms with van der Waals surface area (Å²) >= 11 is 5.90. The monoisotopic (exact) mass is 445 g/mol. The first kappa shape index (κ1) is 22.7. The molecule has 2 aromatic carbocycles. The van der Waals surface area contributed by atoms with Crippen molar-refractivity contribution in [3.05, 3.63) is 53.1 Å². The predicted octanol–water partition coefficient (Wildman–Crippen LogP) is 4.26. The number of hydrogen-bond donors (Lipinski definition) is 2. The molecule has 3 N–H and O–H groups in total. The largest absolute Gasteiger partial charge is 0.496 e. The molecule has 164 valence electrons. The van der Waals surface area contributed by atoms with Gasteiger partial charge in [-0.3, -0.25) is 9.69 Å². The molecule has 1 aromatic heterocycles. The minimum absolute atomic E-state index is 0.0173. The average molecular weight is 446 g/mol. The van der Waals surface area contributed by atoms with E-state index < -0.39 is 11.7 Å². The van der Waals surface area contributed by atoms with Crippen LogP contribution in [-0.2, 0) is 11.3 Å². The quantitative estimate of drug-likeness (QED) is 0.484. The SMILES string of the molecule is CCCCN(CC(N)=O)Cc1cc2c(Nc3cccc(Cl)c3F)ncnc2cc1OC. The van der Waals surface area contributed by atoms with Gasteiger partial charge in [0.2, 0.25) is 5.91 Å². The van der Waals surface area contributed by atoms with Crippen LogP contribution in [-0.4, -0.2) is 41.0 Å². The van der Waals surface area contributed by atoms with Crippen LogP contribution in [0.4, 0.5) is 15.9 Å². The molecule has 0 radical (unpaired) electrons. The number of unbranched alkanes of at least 4 members (excludes halogenated alkanes) is 1. The second kappa shape index (κ2) is 10.4. The smallest absolute Gasteiger partial charge is 0.231 e. The summed E-state index contributed by atoms with van der Waals surface area (Å²) in [5.41, 5.74) is 7.12. The number of aromatic nitrogens is 2. The molecular weight excluding hydrogens is 421 g/mol. The summed E-state index contributed by atoms with van der Waals surface area (Å²) in [4.78, 5) is 22.1. The van der Waals surface area contributed by atoms with Gasteiger partial charge in [-0.15, -0.1) is 0 Å². The highest BCUT2D eigenvalue weighted by Gasteiger charge is 2.16. The van der Waals surface area contributed by atoms with Gasteiger partial charge in [0.25, 0.3) is 0 Å². The van der Waals surface area contributed by atoms with Gasteiger partial charge >= 0.3 is 0 Å². The highest BCUT2D eigenvalue weighted by atomic mass is 35.5. The number of ether oxygens (including phenoxy) is 1. The number of nitrogens with two attached hydrogens (primary N) is 1. The summed E-state index contributed by atoms with van der Waals surface area (Å²) < 4.78 is 19.9. The molecule has 0 saturated carbocycles. The van der Waals surface area contributed by atoms with Gasteiger partial charge in [-0.25, -0.2) is 14.4 Å². The third kappa shape index (κ3) is 5.59. The van der Waals surface area contributed by atoms with Crippen molar-refractivity contribution in [1.29, 1.82) is 0 Å². The Bertz CT molecular complexity index is 1080. The van der Waals surface area contributed by atoms with E-state index in [1.54, 1.807) is 25.3 Å². The van der Waals surface area contributed by atoms with Crippen molar-refractivity contribution in [2.24, 2.45) is 5.73 Å². The third-order valence-corrected chi connectivity index (χ3v) is 5.14. The van der Waals surface area contributed by atoms with Gasteiger partial charge in [0.15, 0.2) is 5.82 Å². The molecule has 0 fully saturated rings. The maximum atomic E-state index is 14.4. The predicted molar refractivity (Wildman–Crippen MR) is 120 cm³/mol. The number of carbonyl (C=O) groups excluding carboxylic acids is 1. The topological polar surface area (TPSA) is 93.4 Å². The maximum absolute atomic E-state index is 14.4. The number of nitrogens with one attached hydrogen (secondary N) is 1. The Morgan fingerprint density at radius 3 is 2.84 bits per heavy atom. The molecule has 0 aliphatic rings. The number of amides is 1. The Morgan fingerprint density at radius 1 is 1.32 bits per heavy atom. The number of hydrogen-bond acceptors (Lipinski definition) is 6. The maximum Gasteiger partial charge on any atom is 0.231 e. The highest BCUT2D eigenvalue weighted by Crippen LogP contribution is 2.32. The lowest BCUT2D eigenvalue weighted by molar-refractivity contribution is -0.119. The number of carbonyl (C=O) groups is 1. The minimum atomic E-state index is -0.558. The van der Waals surface area contributed by atoms with Crippen molar-refractivity contribution >= 4 is 39.9 Å². The standard InChI is InChI=1S/C22H25ClFN5O2/c1-3-4-8-29(12-20(25)30)11-14-9-15-18(10-19(14)31-2)26-13-27-22(15)28-17-7-5-6-16(23)21(17)24/h5-7,9-10,13H,3-4,8,11-12H2,1-2H3,(H2,25,30)(H,26,27,28). The number of anilines is 2. The summed E-state index contributed by atoms with van der Waals surface area (Å²) in [6, 6.07) is 8.40. The van der Waals surface area contributed by atoms with Crippen LogP contribution in [0.15, 0.2) is 36.7 Å². The van der Waals surface area contributed by atoms with Crippen molar-refractivity contribution in [1.82, 2.24) is 14.9 Å². The Morgan fingerprint density at radius 2 is 2.13 bits per heavy atom. The zero-order valence-electron chi connectivity index (χ0n) is 17.5. The third-order valence-electron chi connectivity index (χ3n) is 4.84. The number of fused-ring (bicyclic) bond motifs is 1. The summed E-state index contributed by atoms with van der Waals surface area (Å²) in [6.45, 7) is 3.42. The van der Waals surface area contributed by atoms with E-state index in [-0.39, 0.29) is 17.3 Å². The second-order valence-electron chi connectivity index (χ2n) is 7.16. The molecule has 3 rings (SSSR count). The molecule has 3 aromatic rings. The number of nitrogens with zero attached hydrogens (tertiary/aromatic N) is 3. The molecule has 1 heterocycles. The molecule has 0 spiro atoms. The summed E-state index contributed by atoms with van der Waals surface area (Å²) in [7, 11) is 1.58. The van der Waals surface area contributed by atoms with E-state index in [1.807, 2.05) is 11.0 Å². The molecule has 0 aliphatic carbocycles. The molecule has 0 saturated heterocycles. The zero-order valence-corrected chi connectivity index (χ0v) is 18.2. The van der Waals surface area contributed by atoms with Gasteiger partial charge in [0.05, 0.1) is 29.9 Å². The number of rotatable bonds is 10. The zero-order chi connectivity index (χ0) is 22.4. The van der Waals surface area contributed by atoms with E-state index in [4.69, 9.17) is 22.1 Å². The lowest BCUT2D eigenvalue weighted by Crippen LogP contribution is -2.34. The molecule has 31 heavy (non-hydrogen) atoms. The number of halogens is 2. The molecule has 0 unspecified atom stereocenters. The van der Waals surface area contributed by atoms with E-state index in [0.717, 1.165) is 24.9 Å². The fourth-order valence-corrected chi connectivity index (χ4v) is 3.50. The first-order valence-electron chi connectivity index (χ1n) is 9.96. The van der Waals surface area contributed by atoms with E-state index >= 15 is 0 Å². The first-order chi connectivity index (χ1) is 14.9. The second-order valence-corrected chi connectivity index (χ2v) is 7.57. The molecule has 0 bridgehead atoms. The van der Waals surface area contributed by atoms with Gasteiger partial charge in [-0.05, 0) is 31.2 Å². The average Bonchev–Trinajstić information content (AvgIpc) is 2.74. The highest BCUT2D eigenvalue weighted by molar-refractivity contribution is 6.31. The van der Waals surface area contributed by atoms with Crippen LogP contribution >= 0.6 is 11.6 Å². The molecule has 1 amide bonds. The Labute approximate surface area is 185 Å². The number of benzene rings is 2. The van der Waals surface area contributed by atoms with Gasteiger partial charge in [-0.2, -0.15) is 0 Å². The molecule has 0 aliphatic heterocycles. The minimum Gasteiger partial charge on any atom is -0.496 e. The van der Waals surface area contributed by atoms with E-state index in [1.165, 1.54) is 12.4 Å². The fourth-order valence-electron chi connectivity index (χ4n) is 3.33. The van der Waals surface area contributed by atoms with E-state index in [2.05, 4.69) is 22.2 Å². The Kier molecular flexibility index (Phi) is 7.59. The van der Waals surface area contributed by atoms with Crippen LogP contribution in [0.3, 0.4) is 0 Å². The van der Waals surface area contributed by atoms with Gasteiger partial charge in [0.1, 0.15) is 17.9 Å². The lowest BCUT2D eigenvalue weighted by Gasteiger charge is -2.22. The van der Waals surface area contributed by atoms with Crippen LogP contribution in [0.25, 0.3) is 10.9 Å². The van der Waals surface area contributed by atoms with Crippen molar-refractivity contribution in [2.75, 3.05) is 25.5 Å². The van der Waals surface area contributed by atoms with Crippen LogP contribution in [0.1, 0.15) is 25.3 Å². The van der Waals surface area contributed by atoms with Crippen molar-refractivity contribution in [3.63, 3.8) is 0 Å². The summed E-state index contributed by atoms with van der Waals surface area (Å²) in [5.74, 6) is 0.122. The van der Waals surface area contributed by atoms with Gasteiger partial charge in [-0.1, -0.05) is 31.0 Å².